The zero-order valence-electron chi connectivity index (χ0n) is 31.0. The molecule has 51 heavy (non-hydrogen) atoms. The predicted molar refractivity (Wildman–Crippen MR) is 191 cm³/mol. The van der Waals surface area contributed by atoms with E-state index in [1.807, 2.05) is 13.8 Å². The summed E-state index contributed by atoms with van der Waals surface area (Å²) in [4.78, 5) is 23.5. The van der Waals surface area contributed by atoms with Crippen molar-refractivity contribution in [1.29, 1.82) is 0 Å². The molecule has 4 saturated carbocycles. The minimum atomic E-state index is -0.500. The van der Waals surface area contributed by atoms with Crippen LogP contribution in [-0.2, 0) is 19.1 Å². The number of carbonyl (C=O) groups is 2. The molecule has 288 valence electrons. The third-order valence-corrected chi connectivity index (χ3v) is 14.6. The van der Waals surface area contributed by atoms with E-state index in [0.29, 0.717) is 36.8 Å². The van der Waals surface area contributed by atoms with Crippen molar-refractivity contribution in [2.24, 2.45) is 45.3 Å². The molecule has 0 unspecified atom stereocenters. The van der Waals surface area contributed by atoms with E-state index in [2.05, 4.69) is 27.0 Å². The molecule has 0 bridgehead atoms. The van der Waals surface area contributed by atoms with Gasteiger partial charge in [0.15, 0.2) is 0 Å². The maximum absolute atomic E-state index is 11.8. The molecule has 0 aromatic carbocycles. The van der Waals surface area contributed by atoms with Gasteiger partial charge in [0.05, 0.1) is 36.6 Å². The minimum Gasteiger partial charge on any atom is -0.508 e. The van der Waals surface area contributed by atoms with Gasteiger partial charge in [-0.2, -0.15) is 0 Å². The van der Waals surface area contributed by atoms with Crippen LogP contribution in [0.5, 0.6) is 0 Å². The van der Waals surface area contributed by atoms with E-state index in [-0.39, 0.29) is 77.9 Å². The number of cyclic esters (lactones) is 2. The minimum absolute atomic E-state index is 0. The van der Waals surface area contributed by atoms with Crippen LogP contribution in [-0.4, -0.2) is 86.7 Å². The van der Waals surface area contributed by atoms with Crippen LogP contribution in [0.15, 0.2) is 47.0 Å². The van der Waals surface area contributed by atoms with Crippen LogP contribution in [0.25, 0.3) is 0 Å². The van der Waals surface area contributed by atoms with Crippen molar-refractivity contribution in [3.63, 3.8) is 0 Å². The molecule has 4 aliphatic carbocycles. The lowest BCUT2D eigenvalue weighted by Crippen LogP contribution is -2.57. The zero-order valence-corrected chi connectivity index (χ0v) is 31.0. The number of ether oxygens (including phenoxy) is 2. The van der Waals surface area contributed by atoms with Crippen LogP contribution in [0.1, 0.15) is 105 Å². The molecule has 0 spiro atoms. The summed E-state index contributed by atoms with van der Waals surface area (Å²) >= 11 is 0. The predicted octanol–water partition coefficient (Wildman–Crippen LogP) is 4.93. The first-order valence-electron chi connectivity index (χ1n) is 18.6. The molecular weight excluding hydrogens is 656 g/mol. The smallest absolute Gasteiger partial charge is 0.337 e. The SMILES string of the molecule is C=C1CC[C@@H]2[C@](C)(CO)[C@H](O)CC[C@@]2(C)[C@@H]1CCC1=C(O)COC1=O.C=C1CC[C@@H]2[C@](C)(CO)[C@H](O)CC[C@@]2(C)[C@@H]1CCC1=C(O)COC1=O.O. The monoisotopic (exact) mass is 718 g/mol. The Kier molecular flexibility index (Phi) is 12.4. The molecule has 6 rings (SSSR count). The Hall–Kier alpha value is -2.70. The summed E-state index contributed by atoms with van der Waals surface area (Å²) in [5.74, 6) is 0.0981. The second kappa shape index (κ2) is 15.3. The van der Waals surface area contributed by atoms with Crippen molar-refractivity contribution in [2.45, 2.75) is 117 Å². The molecule has 8 N–H and O–H groups in total. The number of hydrogen-bond donors (Lipinski definition) is 6. The first-order valence-corrected chi connectivity index (χ1v) is 18.6. The molecule has 6 aliphatic rings. The molecule has 4 fully saturated rings. The number of esters is 2. The average molecular weight is 719 g/mol. The molecule has 0 aromatic heterocycles. The van der Waals surface area contributed by atoms with E-state index in [0.717, 1.165) is 51.4 Å². The highest BCUT2D eigenvalue weighted by molar-refractivity contribution is 5.91. The Morgan fingerprint density at radius 3 is 1.31 bits per heavy atom. The lowest BCUT2D eigenvalue weighted by atomic mass is 9.46. The molecule has 0 radical (unpaired) electrons. The van der Waals surface area contributed by atoms with Gasteiger partial charge in [0, 0.05) is 10.8 Å². The topological polar surface area (TPSA) is 205 Å². The van der Waals surface area contributed by atoms with Gasteiger partial charge in [-0.3, -0.25) is 0 Å². The molecule has 0 amide bonds. The molecule has 10 atom stereocenters. The van der Waals surface area contributed by atoms with Gasteiger partial charge in [-0.1, -0.05) is 52.0 Å². The van der Waals surface area contributed by atoms with Crippen molar-refractivity contribution in [3.05, 3.63) is 47.0 Å². The Labute approximate surface area is 302 Å². The third-order valence-electron chi connectivity index (χ3n) is 14.6. The number of fused-ring (bicyclic) bond motifs is 2. The van der Waals surface area contributed by atoms with E-state index < -0.39 is 35.0 Å². The summed E-state index contributed by atoms with van der Waals surface area (Å²) in [5.41, 5.74) is 2.01. The Morgan fingerprint density at radius 1 is 0.667 bits per heavy atom. The Morgan fingerprint density at radius 2 is 1.02 bits per heavy atom. The highest BCUT2D eigenvalue weighted by Crippen LogP contribution is 2.63. The van der Waals surface area contributed by atoms with Gasteiger partial charge in [-0.05, 0) is 112 Å². The second-order valence-corrected chi connectivity index (χ2v) is 17.1. The molecule has 11 nitrogen and oxygen atoms in total. The van der Waals surface area contributed by atoms with Gasteiger partial charge in [-0.25, -0.2) is 9.59 Å². The number of allylic oxidation sites excluding steroid dienone is 2. The van der Waals surface area contributed by atoms with Crippen molar-refractivity contribution in [3.8, 4) is 0 Å². The molecular formula is C40H62O11. The summed E-state index contributed by atoms with van der Waals surface area (Å²) in [6.45, 7) is 17.0. The van der Waals surface area contributed by atoms with Crippen molar-refractivity contribution >= 4 is 11.9 Å². The fourth-order valence-electron chi connectivity index (χ4n) is 11.4. The van der Waals surface area contributed by atoms with Gasteiger partial charge in [0.1, 0.15) is 24.7 Å². The number of aliphatic hydroxyl groups excluding tert-OH is 6. The first-order chi connectivity index (χ1) is 23.5. The number of rotatable bonds is 8. The Bertz CT molecular complexity index is 1330. The highest BCUT2D eigenvalue weighted by Gasteiger charge is 2.59. The molecule has 2 heterocycles. The van der Waals surface area contributed by atoms with Crippen molar-refractivity contribution in [2.75, 3.05) is 26.4 Å². The highest BCUT2D eigenvalue weighted by atomic mass is 16.6. The van der Waals surface area contributed by atoms with Gasteiger partial charge in [0.25, 0.3) is 0 Å². The van der Waals surface area contributed by atoms with E-state index in [9.17, 15) is 40.2 Å². The van der Waals surface area contributed by atoms with E-state index in [4.69, 9.17) is 9.47 Å². The van der Waals surface area contributed by atoms with Gasteiger partial charge in [-0.15, -0.1) is 0 Å². The second-order valence-electron chi connectivity index (χ2n) is 17.1. The third kappa shape index (κ3) is 7.05. The maximum Gasteiger partial charge on any atom is 0.337 e. The quantitative estimate of drug-likeness (QED) is 0.147. The fourth-order valence-corrected chi connectivity index (χ4v) is 11.4. The molecule has 11 heteroatoms. The zero-order chi connectivity index (χ0) is 36.8. The molecule has 2 aliphatic heterocycles. The largest absolute Gasteiger partial charge is 0.508 e. The first kappa shape index (κ1) is 41.1. The standard InChI is InChI=1S/2C20H30O5.H2O/c2*1-12-4-7-16-19(2,9-8-17(23)20(16,3)11-21)14(12)6-5-13-15(22)10-25-18(13)24;/h2*14,16-17,21-23H,1,4-11H2,2-3H3;1H2/t2*14-,16+,17-,19+,20+;/m11./s1. The van der Waals surface area contributed by atoms with Crippen molar-refractivity contribution in [1.82, 2.24) is 0 Å². The normalized spacial score (nSPS) is 40.9. The van der Waals surface area contributed by atoms with E-state index in [1.165, 1.54) is 11.1 Å². The van der Waals surface area contributed by atoms with E-state index in [1.54, 1.807) is 0 Å². The lowest BCUT2D eigenvalue weighted by Gasteiger charge is -2.60. The van der Waals surface area contributed by atoms with Crippen LogP contribution >= 0.6 is 0 Å². The average Bonchev–Trinajstić information content (AvgIpc) is 3.58. The number of hydrogen-bond acceptors (Lipinski definition) is 10. The summed E-state index contributed by atoms with van der Waals surface area (Å²) in [6.07, 6.45) is 8.17. The van der Waals surface area contributed by atoms with Crippen LogP contribution in [0.4, 0.5) is 0 Å². The fraction of sp³-hybridized carbons (Fsp3) is 0.750. The van der Waals surface area contributed by atoms with Gasteiger partial charge in [0.2, 0.25) is 0 Å². The summed E-state index contributed by atoms with van der Waals surface area (Å²) < 4.78 is 9.78. The summed E-state index contributed by atoms with van der Waals surface area (Å²) in [7, 11) is 0. The summed E-state index contributed by atoms with van der Waals surface area (Å²) in [5, 5.41) is 60.8. The number of carbonyl (C=O) groups excluding carboxylic acids is 2. The van der Waals surface area contributed by atoms with Crippen molar-refractivity contribution < 1.29 is 55.2 Å². The lowest BCUT2D eigenvalue weighted by molar-refractivity contribution is -0.152. The van der Waals surface area contributed by atoms with Crippen LogP contribution in [0, 0.1) is 45.3 Å². The van der Waals surface area contributed by atoms with E-state index >= 15 is 0 Å². The molecule has 0 saturated heterocycles. The van der Waals surface area contributed by atoms with Crippen LogP contribution in [0.2, 0.25) is 0 Å². The maximum atomic E-state index is 11.8. The molecule has 0 aromatic rings. The number of aliphatic hydroxyl groups is 6. The summed E-state index contributed by atoms with van der Waals surface area (Å²) in [6, 6.07) is 0. The van der Waals surface area contributed by atoms with Crippen LogP contribution < -0.4 is 0 Å². The van der Waals surface area contributed by atoms with Crippen LogP contribution in [0.3, 0.4) is 0 Å². The van der Waals surface area contributed by atoms with Gasteiger partial charge < -0.3 is 45.6 Å². The Balaban J connectivity index is 0.000000224. The van der Waals surface area contributed by atoms with Gasteiger partial charge >= 0.3 is 11.9 Å².